The second-order valence-corrected chi connectivity index (χ2v) is 8.23. The molecular formula is C17H16F2N2O4S. The van der Waals surface area contributed by atoms with Gasteiger partial charge in [-0.15, -0.1) is 0 Å². The summed E-state index contributed by atoms with van der Waals surface area (Å²) in [5, 5.41) is 11.1. The highest BCUT2D eigenvalue weighted by Crippen LogP contribution is 2.36. The summed E-state index contributed by atoms with van der Waals surface area (Å²) in [7, 11) is -3.80. The summed E-state index contributed by atoms with van der Waals surface area (Å²) < 4.78 is 51.7. The summed E-state index contributed by atoms with van der Waals surface area (Å²) in [6.45, 7) is 0.748. The molecule has 0 spiro atoms. The van der Waals surface area contributed by atoms with Crippen LogP contribution in [0.1, 0.15) is 17.9 Å². The van der Waals surface area contributed by atoms with E-state index in [9.17, 15) is 27.3 Å². The molecule has 26 heavy (non-hydrogen) atoms. The molecule has 3 rings (SSSR count). The first-order chi connectivity index (χ1) is 12.2. The minimum Gasteiger partial charge on any atom is -0.371 e. The fourth-order valence-corrected chi connectivity index (χ4v) is 4.14. The molecule has 0 amide bonds. The maximum atomic E-state index is 14.0. The monoisotopic (exact) mass is 382 g/mol. The molecule has 9 heteroatoms. The first-order valence-electron chi connectivity index (χ1n) is 7.86. The van der Waals surface area contributed by atoms with Crippen molar-refractivity contribution in [2.75, 3.05) is 24.2 Å². The van der Waals surface area contributed by atoms with Crippen LogP contribution in [-0.2, 0) is 9.84 Å². The average Bonchev–Trinajstić information content (AvgIpc) is 3.03. The van der Waals surface area contributed by atoms with Gasteiger partial charge in [0.15, 0.2) is 9.84 Å². The van der Waals surface area contributed by atoms with Crippen LogP contribution < -0.4 is 4.90 Å². The van der Waals surface area contributed by atoms with Gasteiger partial charge >= 0.3 is 0 Å². The van der Waals surface area contributed by atoms with Gasteiger partial charge in [-0.25, -0.2) is 17.2 Å². The van der Waals surface area contributed by atoms with E-state index in [2.05, 4.69) is 0 Å². The highest BCUT2D eigenvalue weighted by atomic mass is 32.2. The largest absolute Gasteiger partial charge is 0.371 e. The minimum absolute atomic E-state index is 0.0141. The molecule has 6 nitrogen and oxygen atoms in total. The topological polar surface area (TPSA) is 80.5 Å². The highest BCUT2D eigenvalue weighted by molar-refractivity contribution is 7.90. The third-order valence-electron chi connectivity index (χ3n) is 4.50. The van der Waals surface area contributed by atoms with Crippen molar-refractivity contribution < 1.29 is 22.1 Å². The summed E-state index contributed by atoms with van der Waals surface area (Å²) in [6.07, 6.45) is 1.39. The first-order valence-corrected chi connectivity index (χ1v) is 9.75. The Balaban J connectivity index is 1.93. The highest BCUT2D eigenvalue weighted by Gasteiger charge is 2.30. The summed E-state index contributed by atoms with van der Waals surface area (Å²) in [5.41, 5.74) is -0.0114. The maximum Gasteiger partial charge on any atom is 0.288 e. The number of hydrogen-bond acceptors (Lipinski definition) is 5. The predicted molar refractivity (Wildman–Crippen MR) is 92.1 cm³/mol. The summed E-state index contributed by atoms with van der Waals surface area (Å²) in [4.78, 5) is 11.7. The molecule has 0 N–H and O–H groups in total. The van der Waals surface area contributed by atoms with Crippen molar-refractivity contribution >= 4 is 21.2 Å². The van der Waals surface area contributed by atoms with E-state index < -0.39 is 32.1 Å². The van der Waals surface area contributed by atoms with Crippen LogP contribution in [0, 0.1) is 21.7 Å². The zero-order valence-corrected chi connectivity index (χ0v) is 14.7. The normalized spacial score (nSPS) is 17.5. The van der Waals surface area contributed by atoms with Crippen molar-refractivity contribution in [1.82, 2.24) is 0 Å². The fraction of sp³-hybridized carbons (Fsp3) is 0.294. The number of anilines is 1. The Morgan fingerprint density at radius 3 is 2.42 bits per heavy atom. The van der Waals surface area contributed by atoms with Gasteiger partial charge in [0.05, 0.1) is 4.92 Å². The molecule has 2 aromatic rings. The van der Waals surface area contributed by atoms with Gasteiger partial charge in [-0.1, -0.05) is 6.07 Å². The van der Waals surface area contributed by atoms with Crippen LogP contribution in [0.5, 0.6) is 0 Å². The van der Waals surface area contributed by atoms with Crippen molar-refractivity contribution in [1.29, 1.82) is 0 Å². The van der Waals surface area contributed by atoms with Gasteiger partial charge in [-0.3, -0.25) is 10.1 Å². The molecule has 1 saturated heterocycles. The zero-order valence-electron chi connectivity index (χ0n) is 13.9. The van der Waals surface area contributed by atoms with Crippen molar-refractivity contribution in [2.24, 2.45) is 0 Å². The van der Waals surface area contributed by atoms with Gasteiger partial charge < -0.3 is 4.90 Å². The summed E-state index contributed by atoms with van der Waals surface area (Å²) in [6, 6.07) is 7.54. The number of hydrogen-bond donors (Lipinski definition) is 0. The van der Waals surface area contributed by atoms with Crippen LogP contribution in [0.2, 0.25) is 0 Å². The smallest absolute Gasteiger partial charge is 0.288 e. The molecule has 2 aromatic carbocycles. The lowest BCUT2D eigenvalue weighted by atomic mass is 9.97. The molecular weight excluding hydrogens is 366 g/mol. The molecule has 0 radical (unpaired) electrons. The quantitative estimate of drug-likeness (QED) is 0.599. The lowest BCUT2D eigenvalue weighted by Gasteiger charge is -2.20. The van der Waals surface area contributed by atoms with Crippen molar-refractivity contribution in [3.05, 3.63) is 63.7 Å². The second kappa shape index (κ2) is 6.64. The van der Waals surface area contributed by atoms with Crippen LogP contribution in [0.15, 0.2) is 41.3 Å². The van der Waals surface area contributed by atoms with E-state index in [0.717, 1.165) is 12.3 Å². The van der Waals surface area contributed by atoms with E-state index in [1.54, 1.807) is 4.90 Å². The molecule has 1 aliphatic rings. The molecule has 1 fully saturated rings. The fourth-order valence-electron chi connectivity index (χ4n) is 3.28. The number of rotatable bonds is 4. The van der Waals surface area contributed by atoms with E-state index in [1.165, 1.54) is 30.3 Å². The Hall–Kier alpha value is -2.55. The lowest BCUT2D eigenvalue weighted by molar-refractivity contribution is -0.387. The molecule has 0 bridgehead atoms. The second-order valence-electron chi connectivity index (χ2n) is 6.25. The van der Waals surface area contributed by atoms with Crippen LogP contribution in [-0.4, -0.2) is 32.7 Å². The minimum atomic E-state index is -3.80. The molecule has 0 aliphatic carbocycles. The maximum absolute atomic E-state index is 14.0. The molecule has 1 unspecified atom stereocenters. The summed E-state index contributed by atoms with van der Waals surface area (Å²) >= 11 is 0. The van der Waals surface area contributed by atoms with E-state index in [-0.39, 0.29) is 16.4 Å². The van der Waals surface area contributed by atoms with Gasteiger partial charge in [0.25, 0.3) is 5.69 Å². The van der Waals surface area contributed by atoms with Gasteiger partial charge in [-0.05, 0) is 30.7 Å². The van der Waals surface area contributed by atoms with Gasteiger partial charge in [0.1, 0.15) is 16.5 Å². The van der Waals surface area contributed by atoms with Crippen molar-refractivity contribution in [3.8, 4) is 0 Å². The number of halogens is 2. The number of benzene rings is 2. The molecule has 1 heterocycles. The third kappa shape index (κ3) is 3.39. The number of nitrogens with zero attached hydrogens (tertiary/aromatic N) is 2. The Bertz CT molecular complexity index is 958. The Morgan fingerprint density at radius 2 is 1.85 bits per heavy atom. The lowest BCUT2D eigenvalue weighted by Crippen LogP contribution is -2.20. The molecule has 1 aliphatic heterocycles. The number of nitro groups is 1. The Labute approximate surface area is 149 Å². The summed E-state index contributed by atoms with van der Waals surface area (Å²) in [5.74, 6) is -1.61. The molecule has 0 saturated carbocycles. The van der Waals surface area contributed by atoms with Crippen molar-refractivity contribution in [3.63, 3.8) is 0 Å². The van der Waals surface area contributed by atoms with Crippen LogP contribution >= 0.6 is 0 Å². The van der Waals surface area contributed by atoms with Crippen LogP contribution in [0.25, 0.3) is 0 Å². The van der Waals surface area contributed by atoms with Gasteiger partial charge in [0.2, 0.25) is 0 Å². The van der Waals surface area contributed by atoms with Crippen LogP contribution in [0.3, 0.4) is 0 Å². The number of nitro benzene ring substituents is 1. The molecule has 1 atom stereocenters. The Morgan fingerprint density at radius 1 is 1.19 bits per heavy atom. The number of sulfone groups is 1. The van der Waals surface area contributed by atoms with E-state index >= 15 is 0 Å². The third-order valence-corrected chi connectivity index (χ3v) is 5.63. The molecule has 138 valence electrons. The van der Waals surface area contributed by atoms with Gasteiger partial charge in [-0.2, -0.15) is 0 Å². The first kappa shape index (κ1) is 18.2. The average molecular weight is 382 g/mol. The van der Waals surface area contributed by atoms with Crippen molar-refractivity contribution in [2.45, 2.75) is 17.2 Å². The zero-order chi connectivity index (χ0) is 19.1. The Kier molecular flexibility index (Phi) is 4.66. The standard InChI is InChI=1S/C17H16F2N2O4S/c1-26(24,25)16-9-12(5-6-15(16)21(22)23)20-8-7-11(10-20)17-13(18)3-2-4-14(17)19/h2-6,9,11H,7-8,10H2,1H3. The predicted octanol–water partition coefficient (Wildman–Crippen LogP) is 3.27. The van der Waals surface area contributed by atoms with E-state index in [1.807, 2.05) is 0 Å². The SMILES string of the molecule is CS(=O)(=O)c1cc(N2CCC(c3c(F)cccc3F)C2)ccc1[N+](=O)[O-]. The van der Waals surface area contributed by atoms with Crippen LogP contribution in [0.4, 0.5) is 20.2 Å². The van der Waals surface area contributed by atoms with E-state index in [4.69, 9.17) is 0 Å². The van der Waals surface area contributed by atoms with Gasteiger partial charge in [0, 0.05) is 42.6 Å². The van der Waals surface area contributed by atoms with E-state index in [0.29, 0.717) is 25.2 Å². The molecule has 0 aromatic heterocycles.